The van der Waals surface area contributed by atoms with Crippen LogP contribution in [0.1, 0.15) is 36.2 Å². The molecule has 4 heteroatoms. The van der Waals surface area contributed by atoms with Crippen molar-refractivity contribution in [3.63, 3.8) is 0 Å². The second kappa shape index (κ2) is 6.66. The molecule has 90 valence electrons. The van der Waals surface area contributed by atoms with Gasteiger partial charge in [-0.2, -0.15) is 0 Å². The Labute approximate surface area is 101 Å². The van der Waals surface area contributed by atoms with Gasteiger partial charge in [0.1, 0.15) is 0 Å². The number of methoxy groups -OCH3 is 1. The number of nitrogens with one attached hydrogen (secondary N) is 1. The van der Waals surface area contributed by atoms with Crippen molar-refractivity contribution in [1.29, 1.82) is 0 Å². The molecule has 0 aliphatic rings. The molecule has 0 aromatic carbocycles. The molecule has 0 bridgehead atoms. The highest BCUT2D eigenvalue weighted by atomic mass is 32.1. The van der Waals surface area contributed by atoms with Crippen LogP contribution in [0.5, 0.6) is 0 Å². The van der Waals surface area contributed by atoms with E-state index in [9.17, 15) is 4.79 Å². The van der Waals surface area contributed by atoms with Gasteiger partial charge in [-0.05, 0) is 43.8 Å². The minimum absolute atomic E-state index is 0.137. The molecule has 1 N–H and O–H groups in total. The van der Waals surface area contributed by atoms with Crippen molar-refractivity contribution >= 4 is 17.3 Å². The summed E-state index contributed by atoms with van der Waals surface area (Å²) in [5.74, 6) is -0.137. The lowest BCUT2D eigenvalue weighted by Gasteiger charge is -2.12. The summed E-state index contributed by atoms with van der Waals surface area (Å²) in [5.41, 5.74) is 1.33. The third-order valence-electron chi connectivity index (χ3n) is 2.53. The number of carbonyl (C=O) groups is 1. The number of hydrogen-bond acceptors (Lipinski definition) is 4. The van der Waals surface area contributed by atoms with Gasteiger partial charge in [-0.25, -0.2) is 0 Å². The molecule has 1 atom stereocenters. The van der Waals surface area contributed by atoms with Crippen LogP contribution < -0.4 is 5.32 Å². The Hall–Kier alpha value is -0.870. The van der Waals surface area contributed by atoms with E-state index in [0.717, 1.165) is 13.0 Å². The van der Waals surface area contributed by atoms with Crippen LogP contribution in [0, 0.1) is 6.92 Å². The van der Waals surface area contributed by atoms with Gasteiger partial charge in [0.05, 0.1) is 7.11 Å². The van der Waals surface area contributed by atoms with Gasteiger partial charge in [-0.3, -0.25) is 4.79 Å². The lowest BCUT2D eigenvalue weighted by Crippen LogP contribution is -2.20. The summed E-state index contributed by atoms with van der Waals surface area (Å²) in [6.07, 6.45) is 1.31. The average Bonchev–Trinajstić information content (AvgIpc) is 2.70. The molecule has 3 nitrogen and oxygen atoms in total. The molecular formula is C12H19NO2S. The molecular weight excluding hydrogens is 222 g/mol. The third kappa shape index (κ3) is 3.94. The zero-order chi connectivity index (χ0) is 12.0. The molecule has 0 saturated heterocycles. The van der Waals surface area contributed by atoms with E-state index in [1.807, 2.05) is 0 Å². The van der Waals surface area contributed by atoms with Crippen LogP contribution in [0.15, 0.2) is 11.4 Å². The van der Waals surface area contributed by atoms with Crippen molar-refractivity contribution in [3.05, 3.63) is 21.9 Å². The van der Waals surface area contributed by atoms with E-state index < -0.39 is 0 Å². The molecule has 0 radical (unpaired) electrons. The maximum absolute atomic E-state index is 10.9. The Bertz CT molecular complexity index is 336. The Morgan fingerprint density at radius 3 is 2.94 bits per heavy atom. The topological polar surface area (TPSA) is 38.3 Å². The van der Waals surface area contributed by atoms with Crippen LogP contribution in [0.2, 0.25) is 0 Å². The van der Waals surface area contributed by atoms with Crippen LogP contribution >= 0.6 is 11.3 Å². The van der Waals surface area contributed by atoms with Gasteiger partial charge in [-0.15, -0.1) is 11.3 Å². The van der Waals surface area contributed by atoms with Gasteiger partial charge in [0, 0.05) is 17.3 Å². The van der Waals surface area contributed by atoms with E-state index in [4.69, 9.17) is 0 Å². The first kappa shape index (κ1) is 13.2. The second-order valence-corrected chi connectivity index (χ2v) is 4.77. The summed E-state index contributed by atoms with van der Waals surface area (Å²) < 4.78 is 4.58. The lowest BCUT2D eigenvalue weighted by molar-refractivity contribution is -0.140. The molecule has 1 aromatic heterocycles. The lowest BCUT2D eigenvalue weighted by atomic mass is 10.2. The Morgan fingerprint density at radius 1 is 1.62 bits per heavy atom. The smallest absolute Gasteiger partial charge is 0.305 e. The van der Waals surface area contributed by atoms with Crippen molar-refractivity contribution in [3.8, 4) is 0 Å². The molecule has 1 heterocycles. The van der Waals surface area contributed by atoms with Gasteiger partial charge in [0.2, 0.25) is 0 Å². The van der Waals surface area contributed by atoms with Gasteiger partial charge in [-0.1, -0.05) is 0 Å². The normalized spacial score (nSPS) is 12.4. The second-order valence-electron chi connectivity index (χ2n) is 3.82. The molecule has 0 fully saturated rings. The summed E-state index contributed by atoms with van der Waals surface area (Å²) in [5, 5.41) is 5.52. The molecule has 1 unspecified atom stereocenters. The van der Waals surface area contributed by atoms with Crippen LogP contribution in [0.4, 0.5) is 0 Å². The van der Waals surface area contributed by atoms with E-state index in [2.05, 4.69) is 35.3 Å². The largest absolute Gasteiger partial charge is 0.469 e. The van der Waals surface area contributed by atoms with Crippen LogP contribution in [0.3, 0.4) is 0 Å². The first-order valence-corrected chi connectivity index (χ1v) is 6.37. The average molecular weight is 241 g/mol. The summed E-state index contributed by atoms with van der Waals surface area (Å²) in [6, 6.07) is 2.49. The third-order valence-corrected chi connectivity index (χ3v) is 3.73. The maximum Gasteiger partial charge on any atom is 0.305 e. The number of ether oxygens (including phenoxy) is 1. The molecule has 1 aromatic rings. The fraction of sp³-hybridized carbons (Fsp3) is 0.583. The van der Waals surface area contributed by atoms with E-state index >= 15 is 0 Å². The Kier molecular flexibility index (Phi) is 5.49. The molecule has 0 aliphatic heterocycles. The molecule has 0 saturated carbocycles. The van der Waals surface area contributed by atoms with Crippen molar-refractivity contribution in [1.82, 2.24) is 5.32 Å². The molecule has 16 heavy (non-hydrogen) atoms. The summed E-state index contributed by atoms with van der Waals surface area (Å²) in [6.45, 7) is 5.11. The van der Waals surface area contributed by atoms with Crippen molar-refractivity contribution in [2.24, 2.45) is 0 Å². The predicted octanol–water partition coefficient (Wildman–Crippen LogP) is 2.66. The zero-order valence-corrected chi connectivity index (χ0v) is 10.9. The maximum atomic E-state index is 10.9. The van der Waals surface area contributed by atoms with E-state index in [-0.39, 0.29) is 5.97 Å². The summed E-state index contributed by atoms with van der Waals surface area (Å²) in [4.78, 5) is 12.3. The van der Waals surface area contributed by atoms with Gasteiger partial charge in [0.15, 0.2) is 0 Å². The number of hydrogen-bond donors (Lipinski definition) is 1. The highest BCUT2D eigenvalue weighted by Gasteiger charge is 2.08. The number of carbonyl (C=O) groups excluding carboxylic acids is 1. The minimum atomic E-state index is -0.137. The fourth-order valence-electron chi connectivity index (χ4n) is 1.57. The van der Waals surface area contributed by atoms with Gasteiger partial charge >= 0.3 is 5.97 Å². The van der Waals surface area contributed by atoms with Gasteiger partial charge in [0.25, 0.3) is 0 Å². The van der Waals surface area contributed by atoms with Crippen LogP contribution in [-0.4, -0.2) is 19.6 Å². The first-order valence-electron chi connectivity index (χ1n) is 5.49. The van der Waals surface area contributed by atoms with E-state index in [1.165, 1.54) is 17.6 Å². The molecule has 0 spiro atoms. The van der Waals surface area contributed by atoms with Crippen LogP contribution in [0.25, 0.3) is 0 Å². The monoisotopic (exact) mass is 241 g/mol. The number of thiophene rings is 1. The van der Waals surface area contributed by atoms with Crippen LogP contribution in [-0.2, 0) is 9.53 Å². The predicted molar refractivity (Wildman–Crippen MR) is 66.7 cm³/mol. The van der Waals surface area contributed by atoms with E-state index in [1.54, 1.807) is 11.3 Å². The number of rotatable bonds is 6. The van der Waals surface area contributed by atoms with Crippen molar-refractivity contribution in [2.45, 2.75) is 32.7 Å². The highest BCUT2D eigenvalue weighted by molar-refractivity contribution is 7.10. The van der Waals surface area contributed by atoms with E-state index in [0.29, 0.717) is 12.5 Å². The molecule has 0 amide bonds. The number of esters is 1. The SMILES string of the molecule is COC(=O)CCCNC(C)c1sccc1C. The number of aryl methyl sites for hydroxylation is 1. The van der Waals surface area contributed by atoms with Crippen molar-refractivity contribution in [2.75, 3.05) is 13.7 Å². The molecule has 1 rings (SSSR count). The Balaban J connectivity index is 2.23. The summed E-state index contributed by atoms with van der Waals surface area (Å²) in [7, 11) is 1.42. The summed E-state index contributed by atoms with van der Waals surface area (Å²) >= 11 is 1.77. The van der Waals surface area contributed by atoms with Gasteiger partial charge < -0.3 is 10.1 Å². The standard InChI is InChI=1S/C12H19NO2S/c1-9-6-8-16-12(9)10(2)13-7-4-5-11(14)15-3/h6,8,10,13H,4-5,7H2,1-3H3. The fourth-order valence-corrected chi connectivity index (χ4v) is 2.53. The highest BCUT2D eigenvalue weighted by Crippen LogP contribution is 2.23. The zero-order valence-electron chi connectivity index (χ0n) is 10.1. The quantitative estimate of drug-likeness (QED) is 0.614. The van der Waals surface area contributed by atoms with Crippen molar-refractivity contribution < 1.29 is 9.53 Å². The minimum Gasteiger partial charge on any atom is -0.469 e. The molecule has 0 aliphatic carbocycles. The Morgan fingerprint density at radius 2 is 2.38 bits per heavy atom. The first-order chi connectivity index (χ1) is 7.65.